The fourth-order valence-corrected chi connectivity index (χ4v) is 4.10. The molecule has 0 radical (unpaired) electrons. The van der Waals surface area contributed by atoms with Gasteiger partial charge in [0.05, 0.1) is 5.69 Å². The summed E-state index contributed by atoms with van der Waals surface area (Å²) in [6.45, 7) is 1.27. The van der Waals surface area contributed by atoms with Crippen molar-refractivity contribution >= 4 is 11.9 Å². The van der Waals surface area contributed by atoms with Gasteiger partial charge in [0, 0.05) is 45.8 Å². The molecule has 3 heterocycles. The lowest BCUT2D eigenvalue weighted by atomic mass is 9.77. The number of nitrogens with one attached hydrogen (secondary N) is 1. The number of rotatable bonds is 2. The first-order chi connectivity index (χ1) is 12.4. The van der Waals surface area contributed by atoms with Gasteiger partial charge in [-0.3, -0.25) is 9.78 Å². The first-order valence-corrected chi connectivity index (χ1v) is 8.86. The third-order valence-corrected chi connectivity index (χ3v) is 5.46. The molecule has 1 saturated heterocycles. The maximum Gasteiger partial charge on any atom is 0.343 e. The number of likely N-dealkylation sites (tertiary alicyclic amines) is 1. The normalized spacial score (nSPS) is 21.9. The van der Waals surface area contributed by atoms with Crippen molar-refractivity contribution in [1.82, 2.24) is 29.6 Å². The van der Waals surface area contributed by atoms with Crippen LogP contribution in [0.25, 0.3) is 0 Å². The van der Waals surface area contributed by atoms with Crippen LogP contribution in [0.1, 0.15) is 41.1 Å². The minimum absolute atomic E-state index is 0.101. The van der Waals surface area contributed by atoms with E-state index in [0.717, 1.165) is 36.1 Å². The molecule has 1 aliphatic carbocycles. The van der Waals surface area contributed by atoms with E-state index in [1.165, 1.54) is 12.6 Å². The number of hydrogen-bond donors (Lipinski definition) is 1. The van der Waals surface area contributed by atoms with Crippen LogP contribution in [0.2, 0.25) is 0 Å². The highest BCUT2D eigenvalue weighted by Gasteiger charge is 2.45. The van der Waals surface area contributed by atoms with Gasteiger partial charge in [0.1, 0.15) is 0 Å². The van der Waals surface area contributed by atoms with Crippen LogP contribution in [-0.4, -0.2) is 62.7 Å². The number of aromatic nitrogens is 5. The van der Waals surface area contributed by atoms with E-state index in [0.29, 0.717) is 19.0 Å². The van der Waals surface area contributed by atoms with Gasteiger partial charge in [0.2, 0.25) is 11.8 Å². The molecule has 0 bridgehead atoms. The maximum absolute atomic E-state index is 12.8. The van der Waals surface area contributed by atoms with Crippen molar-refractivity contribution in [2.24, 2.45) is 7.05 Å². The van der Waals surface area contributed by atoms with E-state index in [9.17, 15) is 9.59 Å². The summed E-state index contributed by atoms with van der Waals surface area (Å²) in [6.07, 6.45) is 5.74. The van der Waals surface area contributed by atoms with Crippen LogP contribution >= 0.6 is 0 Å². The molecule has 0 saturated carbocycles. The number of piperidine rings is 1. The van der Waals surface area contributed by atoms with Gasteiger partial charge in [0.15, 0.2) is 0 Å². The Balaban J connectivity index is 1.65. The lowest BCUT2D eigenvalue weighted by Crippen LogP contribution is -2.48. The van der Waals surface area contributed by atoms with Crippen molar-refractivity contribution in [2.45, 2.75) is 31.1 Å². The molecular formula is C17H23N7O2. The largest absolute Gasteiger partial charge is 0.347 e. The lowest BCUT2D eigenvalue weighted by Gasteiger charge is -2.40. The zero-order chi connectivity index (χ0) is 18.5. The fourth-order valence-electron chi connectivity index (χ4n) is 4.10. The summed E-state index contributed by atoms with van der Waals surface area (Å²) >= 11 is 0. The number of anilines is 1. The van der Waals surface area contributed by atoms with Crippen molar-refractivity contribution < 1.29 is 4.79 Å². The van der Waals surface area contributed by atoms with E-state index in [1.807, 2.05) is 25.2 Å². The SMILES string of the molecule is CN(C)c1ncc2c(n1)C1(CCCN(C(=O)c3nn(C)c(=O)[nH]3)C1)CC2. The van der Waals surface area contributed by atoms with Crippen LogP contribution in [-0.2, 0) is 18.9 Å². The molecule has 4 rings (SSSR count). The molecule has 1 amide bonds. The predicted octanol–water partition coefficient (Wildman–Crippen LogP) is 0.0846. The summed E-state index contributed by atoms with van der Waals surface area (Å²) in [6, 6.07) is 0. The average molecular weight is 357 g/mol. The van der Waals surface area contributed by atoms with E-state index in [-0.39, 0.29) is 22.8 Å². The smallest absolute Gasteiger partial charge is 0.343 e. The first-order valence-electron chi connectivity index (χ1n) is 8.86. The zero-order valence-corrected chi connectivity index (χ0v) is 15.3. The summed E-state index contributed by atoms with van der Waals surface area (Å²) in [5, 5.41) is 4.01. The topological polar surface area (TPSA) is 100 Å². The highest BCUT2D eigenvalue weighted by molar-refractivity contribution is 5.90. The second-order valence-corrected chi connectivity index (χ2v) is 7.45. The van der Waals surface area contributed by atoms with Gasteiger partial charge in [-0.2, -0.15) is 0 Å². The summed E-state index contributed by atoms with van der Waals surface area (Å²) in [5.74, 6) is 0.573. The summed E-state index contributed by atoms with van der Waals surface area (Å²) in [7, 11) is 5.38. The van der Waals surface area contributed by atoms with E-state index in [2.05, 4.69) is 15.1 Å². The van der Waals surface area contributed by atoms with Gasteiger partial charge in [-0.05, 0) is 31.2 Å². The Morgan fingerprint density at radius 1 is 1.35 bits per heavy atom. The third kappa shape index (κ3) is 2.58. The number of aryl methyl sites for hydroxylation is 2. The molecule has 2 aromatic heterocycles. The predicted molar refractivity (Wildman–Crippen MR) is 95.3 cm³/mol. The lowest BCUT2D eigenvalue weighted by molar-refractivity contribution is 0.0621. The zero-order valence-electron chi connectivity index (χ0n) is 15.3. The average Bonchev–Trinajstić information content (AvgIpc) is 3.15. The van der Waals surface area contributed by atoms with Gasteiger partial charge in [-0.15, -0.1) is 5.10 Å². The highest BCUT2D eigenvalue weighted by Crippen LogP contribution is 2.44. The Bertz CT molecular complexity index is 912. The molecule has 9 heteroatoms. The third-order valence-electron chi connectivity index (χ3n) is 5.46. The molecule has 1 unspecified atom stereocenters. The Morgan fingerprint density at radius 2 is 2.15 bits per heavy atom. The van der Waals surface area contributed by atoms with E-state index >= 15 is 0 Å². The van der Waals surface area contributed by atoms with Gasteiger partial charge in [-0.25, -0.2) is 19.4 Å². The van der Waals surface area contributed by atoms with Crippen molar-refractivity contribution in [2.75, 3.05) is 32.1 Å². The summed E-state index contributed by atoms with van der Waals surface area (Å²) in [4.78, 5) is 39.9. The molecule has 138 valence electrons. The number of aromatic amines is 1. The molecule has 0 aromatic carbocycles. The molecule has 1 atom stereocenters. The van der Waals surface area contributed by atoms with E-state index < -0.39 is 0 Å². The number of fused-ring (bicyclic) bond motifs is 2. The summed E-state index contributed by atoms with van der Waals surface area (Å²) in [5.41, 5.74) is 1.74. The molecule has 1 aliphatic heterocycles. The van der Waals surface area contributed by atoms with Crippen molar-refractivity contribution in [3.63, 3.8) is 0 Å². The van der Waals surface area contributed by atoms with Crippen molar-refractivity contribution in [3.05, 3.63) is 33.8 Å². The van der Waals surface area contributed by atoms with E-state index in [1.54, 1.807) is 4.90 Å². The molecule has 2 aromatic rings. The molecule has 9 nitrogen and oxygen atoms in total. The monoisotopic (exact) mass is 357 g/mol. The van der Waals surface area contributed by atoms with Crippen molar-refractivity contribution in [3.8, 4) is 0 Å². The van der Waals surface area contributed by atoms with Crippen LogP contribution in [0.4, 0.5) is 5.95 Å². The Morgan fingerprint density at radius 3 is 2.85 bits per heavy atom. The summed E-state index contributed by atoms with van der Waals surface area (Å²) < 4.78 is 1.15. The van der Waals surface area contributed by atoms with Gasteiger partial charge >= 0.3 is 5.69 Å². The van der Waals surface area contributed by atoms with Crippen LogP contribution in [0.5, 0.6) is 0 Å². The number of carbonyl (C=O) groups excluding carboxylic acids is 1. The standard InChI is InChI=1S/C17H23N7O2/c1-22(2)15-18-9-11-5-7-17(12(11)19-15)6-4-8-24(10-17)14(25)13-20-16(26)23(3)21-13/h9H,4-8,10H2,1-3H3,(H,20,21,26). The van der Waals surface area contributed by atoms with Gasteiger partial charge in [-0.1, -0.05) is 0 Å². The second-order valence-electron chi connectivity index (χ2n) is 7.45. The molecule has 1 fully saturated rings. The Hall–Kier alpha value is -2.71. The van der Waals surface area contributed by atoms with Crippen LogP contribution in [0, 0.1) is 0 Å². The maximum atomic E-state index is 12.8. The number of nitrogens with zero attached hydrogens (tertiary/aromatic N) is 6. The van der Waals surface area contributed by atoms with Crippen LogP contribution in [0.15, 0.2) is 11.0 Å². The molecular weight excluding hydrogens is 334 g/mol. The van der Waals surface area contributed by atoms with E-state index in [4.69, 9.17) is 4.98 Å². The minimum Gasteiger partial charge on any atom is -0.347 e. The number of H-pyrrole nitrogens is 1. The molecule has 1 spiro atoms. The number of hydrogen-bond acceptors (Lipinski definition) is 6. The molecule has 1 N–H and O–H groups in total. The molecule has 26 heavy (non-hydrogen) atoms. The van der Waals surface area contributed by atoms with Crippen LogP contribution in [0.3, 0.4) is 0 Å². The van der Waals surface area contributed by atoms with Gasteiger partial charge < -0.3 is 9.80 Å². The molecule has 2 aliphatic rings. The van der Waals surface area contributed by atoms with Crippen LogP contribution < -0.4 is 10.6 Å². The number of carbonyl (C=O) groups is 1. The van der Waals surface area contributed by atoms with Crippen molar-refractivity contribution in [1.29, 1.82) is 0 Å². The first kappa shape index (κ1) is 16.7. The minimum atomic E-state index is -0.380. The fraction of sp³-hybridized carbons (Fsp3) is 0.588. The van der Waals surface area contributed by atoms with Gasteiger partial charge in [0.25, 0.3) is 5.91 Å². The number of amides is 1. The quantitative estimate of drug-likeness (QED) is 0.817. The second kappa shape index (κ2) is 5.93. The highest BCUT2D eigenvalue weighted by atomic mass is 16.2. The Labute approximate surface area is 151 Å². The Kier molecular flexibility index (Phi) is 3.82.